The van der Waals surface area contributed by atoms with Gasteiger partial charge in [-0.3, -0.25) is 9.59 Å². The number of amides is 2. The molecule has 1 saturated heterocycles. The summed E-state index contributed by atoms with van der Waals surface area (Å²) in [6, 6.07) is 11.0. The minimum absolute atomic E-state index is 0.0136. The van der Waals surface area contributed by atoms with E-state index in [1.807, 2.05) is 24.3 Å². The minimum Gasteiger partial charge on any atom is -0.365 e. The third-order valence-electron chi connectivity index (χ3n) is 5.33. The molecular formula is C23H24N8O2. The van der Waals surface area contributed by atoms with Gasteiger partial charge in [0.1, 0.15) is 17.9 Å². The fourth-order valence-electron chi connectivity index (χ4n) is 3.80. The number of aromatic amines is 1. The molecule has 0 aliphatic carbocycles. The Bertz CT molecular complexity index is 1230. The van der Waals surface area contributed by atoms with Gasteiger partial charge in [-0.15, -0.1) is 0 Å². The molecule has 1 atom stereocenters. The number of likely N-dealkylation sites (tertiary alicyclic amines) is 1. The molecule has 10 nitrogen and oxygen atoms in total. The summed E-state index contributed by atoms with van der Waals surface area (Å²) in [5.74, 6) is 0.592. The first-order valence-corrected chi connectivity index (χ1v) is 10.6. The molecule has 1 aliphatic rings. The van der Waals surface area contributed by atoms with Crippen molar-refractivity contribution in [2.24, 2.45) is 0 Å². The Morgan fingerprint density at radius 1 is 1.30 bits per heavy atom. The van der Waals surface area contributed by atoms with Gasteiger partial charge in [0.2, 0.25) is 17.8 Å². The van der Waals surface area contributed by atoms with E-state index in [-0.39, 0.29) is 24.3 Å². The van der Waals surface area contributed by atoms with Crippen molar-refractivity contribution in [1.82, 2.24) is 19.9 Å². The number of benzene rings is 1. The molecule has 4 N–H and O–H groups in total. The van der Waals surface area contributed by atoms with Crippen molar-refractivity contribution in [3.8, 4) is 6.07 Å². The average Bonchev–Trinajstić information content (AvgIpc) is 3.28. The van der Waals surface area contributed by atoms with E-state index < -0.39 is 0 Å². The molecule has 1 fully saturated rings. The number of nitriles is 1. The smallest absolute Gasteiger partial charge is 0.247 e. The third-order valence-corrected chi connectivity index (χ3v) is 5.33. The summed E-state index contributed by atoms with van der Waals surface area (Å²) in [7, 11) is 0. The van der Waals surface area contributed by atoms with Crippen LogP contribution < -0.4 is 16.0 Å². The van der Waals surface area contributed by atoms with Crippen molar-refractivity contribution in [3.63, 3.8) is 0 Å². The lowest BCUT2D eigenvalue weighted by atomic mass is 10.1. The number of carbonyl (C=O) groups excluding carboxylic acids is 2. The maximum Gasteiger partial charge on any atom is 0.247 e. The van der Waals surface area contributed by atoms with Gasteiger partial charge in [-0.2, -0.15) is 15.2 Å². The molecule has 4 rings (SSSR count). The van der Waals surface area contributed by atoms with Gasteiger partial charge in [0.05, 0.1) is 11.5 Å². The van der Waals surface area contributed by atoms with Crippen LogP contribution in [0.4, 0.5) is 23.1 Å². The first-order chi connectivity index (χ1) is 16.1. The van der Waals surface area contributed by atoms with Gasteiger partial charge in [0.15, 0.2) is 0 Å². The number of carbonyl (C=O) groups is 2. The van der Waals surface area contributed by atoms with Crippen LogP contribution in [-0.2, 0) is 9.59 Å². The Morgan fingerprint density at radius 3 is 2.97 bits per heavy atom. The molecule has 0 bridgehead atoms. The molecule has 10 heteroatoms. The van der Waals surface area contributed by atoms with Crippen molar-refractivity contribution < 1.29 is 9.59 Å². The number of aromatic nitrogens is 3. The Balaban J connectivity index is 1.53. The molecule has 168 valence electrons. The van der Waals surface area contributed by atoms with Crippen LogP contribution >= 0.6 is 0 Å². The Morgan fingerprint density at radius 2 is 2.15 bits per heavy atom. The average molecular weight is 444 g/mol. The van der Waals surface area contributed by atoms with Gasteiger partial charge in [0, 0.05) is 36.7 Å². The topological polar surface area (TPSA) is 139 Å². The monoisotopic (exact) mass is 444 g/mol. The predicted molar refractivity (Wildman–Crippen MR) is 126 cm³/mol. The van der Waals surface area contributed by atoms with Crippen molar-refractivity contribution >= 4 is 46.0 Å². The SMILES string of the molecule is C=CC(=O)Nc1cccc(Nc2nc(N[C@@H]3CCCN(C(=O)CC#N)C3)c3cc[nH]c3n2)c1. The molecule has 2 amide bonds. The highest BCUT2D eigenvalue weighted by Gasteiger charge is 2.24. The number of nitrogens with one attached hydrogen (secondary N) is 4. The van der Waals surface area contributed by atoms with Crippen LogP contribution in [0.5, 0.6) is 0 Å². The van der Waals surface area contributed by atoms with E-state index in [9.17, 15) is 9.59 Å². The highest BCUT2D eigenvalue weighted by molar-refractivity contribution is 5.99. The van der Waals surface area contributed by atoms with E-state index in [1.54, 1.807) is 23.2 Å². The second-order valence-corrected chi connectivity index (χ2v) is 7.69. The summed E-state index contributed by atoms with van der Waals surface area (Å²) in [4.78, 5) is 37.8. The van der Waals surface area contributed by atoms with E-state index in [4.69, 9.17) is 5.26 Å². The van der Waals surface area contributed by atoms with Crippen molar-refractivity contribution in [2.45, 2.75) is 25.3 Å². The molecule has 1 aliphatic heterocycles. The number of anilines is 4. The third kappa shape index (κ3) is 5.27. The maximum absolute atomic E-state index is 12.1. The van der Waals surface area contributed by atoms with Crippen molar-refractivity contribution in [1.29, 1.82) is 5.26 Å². The molecular weight excluding hydrogens is 420 g/mol. The number of rotatable bonds is 7. The van der Waals surface area contributed by atoms with Gasteiger partial charge in [-0.05, 0) is 43.2 Å². The number of fused-ring (bicyclic) bond motifs is 1. The van der Waals surface area contributed by atoms with E-state index in [2.05, 4.69) is 37.5 Å². The van der Waals surface area contributed by atoms with Gasteiger partial charge < -0.3 is 25.8 Å². The fraction of sp³-hybridized carbons (Fsp3) is 0.261. The van der Waals surface area contributed by atoms with Gasteiger partial charge in [-0.25, -0.2) is 0 Å². The molecule has 2 aromatic heterocycles. The normalized spacial score (nSPS) is 15.5. The number of piperidine rings is 1. The van der Waals surface area contributed by atoms with Gasteiger partial charge in [0.25, 0.3) is 0 Å². The number of H-pyrrole nitrogens is 1. The first-order valence-electron chi connectivity index (χ1n) is 10.6. The molecule has 0 radical (unpaired) electrons. The summed E-state index contributed by atoms with van der Waals surface area (Å²) >= 11 is 0. The molecule has 3 aromatic rings. The lowest BCUT2D eigenvalue weighted by Crippen LogP contribution is -2.45. The van der Waals surface area contributed by atoms with Crippen LogP contribution in [-0.4, -0.2) is 50.8 Å². The Hall–Kier alpha value is -4.39. The van der Waals surface area contributed by atoms with Crippen LogP contribution in [0.25, 0.3) is 11.0 Å². The Kier molecular flexibility index (Phi) is 6.50. The van der Waals surface area contributed by atoms with Gasteiger partial charge >= 0.3 is 0 Å². The number of hydrogen-bond donors (Lipinski definition) is 4. The summed E-state index contributed by atoms with van der Waals surface area (Å²) in [5, 5.41) is 19.0. The zero-order chi connectivity index (χ0) is 23.2. The van der Waals surface area contributed by atoms with Crippen LogP contribution in [0, 0.1) is 11.3 Å². The highest BCUT2D eigenvalue weighted by Crippen LogP contribution is 2.26. The second kappa shape index (κ2) is 9.82. The predicted octanol–water partition coefficient (Wildman–Crippen LogP) is 3.14. The standard InChI is InChI=1S/C23H24N8O2/c1-2-19(32)26-15-5-3-6-16(13-15)28-23-29-21-18(9-11-25-21)22(30-23)27-17-7-4-12-31(14-17)20(33)8-10-24/h2-3,5-6,9,11,13,17H,1,4,7-8,12,14H2,(H,26,32)(H3,25,27,28,29,30)/t17-/m1/s1. The van der Waals surface area contributed by atoms with Crippen molar-refractivity contribution in [3.05, 3.63) is 49.2 Å². The quantitative estimate of drug-likeness (QED) is 0.411. The van der Waals surface area contributed by atoms with Crippen LogP contribution in [0.2, 0.25) is 0 Å². The first kappa shape index (κ1) is 21.8. The molecule has 33 heavy (non-hydrogen) atoms. The maximum atomic E-state index is 12.1. The van der Waals surface area contributed by atoms with E-state index in [0.717, 1.165) is 18.2 Å². The molecule has 3 heterocycles. The molecule has 0 spiro atoms. The number of hydrogen-bond acceptors (Lipinski definition) is 7. The highest BCUT2D eigenvalue weighted by atomic mass is 16.2. The molecule has 0 unspecified atom stereocenters. The number of nitrogens with zero attached hydrogens (tertiary/aromatic N) is 4. The fourth-order valence-corrected chi connectivity index (χ4v) is 3.80. The van der Waals surface area contributed by atoms with Crippen LogP contribution in [0.15, 0.2) is 49.2 Å². The molecule has 1 aromatic carbocycles. The lowest BCUT2D eigenvalue weighted by Gasteiger charge is -2.33. The zero-order valence-electron chi connectivity index (χ0n) is 18.0. The van der Waals surface area contributed by atoms with E-state index in [0.29, 0.717) is 41.9 Å². The minimum atomic E-state index is -0.294. The Labute approximate surface area is 190 Å². The van der Waals surface area contributed by atoms with Crippen LogP contribution in [0.3, 0.4) is 0 Å². The lowest BCUT2D eigenvalue weighted by molar-refractivity contribution is -0.131. The second-order valence-electron chi connectivity index (χ2n) is 7.69. The summed E-state index contributed by atoms with van der Waals surface area (Å²) in [6.07, 6.45) is 4.64. The summed E-state index contributed by atoms with van der Waals surface area (Å²) in [5.41, 5.74) is 1.99. The zero-order valence-corrected chi connectivity index (χ0v) is 18.0. The van der Waals surface area contributed by atoms with E-state index in [1.165, 1.54) is 6.08 Å². The van der Waals surface area contributed by atoms with Gasteiger partial charge in [-0.1, -0.05) is 12.6 Å². The van der Waals surface area contributed by atoms with E-state index >= 15 is 0 Å². The molecule has 0 saturated carbocycles. The summed E-state index contributed by atoms with van der Waals surface area (Å²) < 4.78 is 0. The van der Waals surface area contributed by atoms with Crippen LogP contribution in [0.1, 0.15) is 19.3 Å². The largest absolute Gasteiger partial charge is 0.365 e. The van der Waals surface area contributed by atoms with Crippen molar-refractivity contribution in [2.75, 3.05) is 29.0 Å². The summed E-state index contributed by atoms with van der Waals surface area (Å²) in [6.45, 7) is 4.64.